The Hall–Kier alpha value is -0.450. The molecular formula is C13H27ClN4O4S. The number of likely N-dealkylation sites (tertiary alicyclic amines) is 1. The standard InChI is InChI=1S/C13H26N4O4S.ClH/c14-12(13(18)16-6-1-2-7-16)4-3-5-15-22(19,20)17-8-10-21-11-9-17;/h12,15H,1-11,14H2;1H/t12-;/m0./s1. The Balaban J connectivity index is 0.00000264. The maximum Gasteiger partial charge on any atom is 0.279 e. The second-order valence-electron chi connectivity index (χ2n) is 5.69. The largest absolute Gasteiger partial charge is 0.379 e. The van der Waals surface area contributed by atoms with Gasteiger partial charge in [0.25, 0.3) is 10.2 Å². The van der Waals surface area contributed by atoms with Crippen LogP contribution in [0.3, 0.4) is 0 Å². The lowest BCUT2D eigenvalue weighted by Crippen LogP contribution is -2.47. The Morgan fingerprint density at radius 1 is 1.17 bits per heavy atom. The van der Waals surface area contributed by atoms with Crippen molar-refractivity contribution < 1.29 is 17.9 Å². The van der Waals surface area contributed by atoms with Crippen LogP contribution in [0, 0.1) is 0 Å². The molecule has 0 aromatic rings. The first-order valence-electron chi connectivity index (χ1n) is 7.87. The number of halogens is 1. The summed E-state index contributed by atoms with van der Waals surface area (Å²) in [6.07, 6.45) is 3.11. The third-order valence-electron chi connectivity index (χ3n) is 4.02. The zero-order valence-electron chi connectivity index (χ0n) is 13.3. The molecule has 2 saturated heterocycles. The molecule has 0 saturated carbocycles. The van der Waals surface area contributed by atoms with Gasteiger partial charge in [-0.15, -0.1) is 12.4 Å². The zero-order valence-corrected chi connectivity index (χ0v) is 14.9. The van der Waals surface area contributed by atoms with E-state index < -0.39 is 16.3 Å². The summed E-state index contributed by atoms with van der Waals surface area (Å²) in [5.74, 6) is -0.0199. The van der Waals surface area contributed by atoms with E-state index in [-0.39, 0.29) is 18.3 Å². The molecule has 0 aromatic heterocycles. The van der Waals surface area contributed by atoms with E-state index in [1.807, 2.05) is 0 Å². The molecule has 2 aliphatic rings. The molecule has 23 heavy (non-hydrogen) atoms. The quantitative estimate of drug-likeness (QED) is 0.577. The number of nitrogens with one attached hydrogen (secondary N) is 1. The number of nitrogens with two attached hydrogens (primary N) is 1. The maximum absolute atomic E-state index is 12.0. The fraction of sp³-hybridized carbons (Fsp3) is 0.923. The van der Waals surface area contributed by atoms with Crippen LogP contribution in [-0.2, 0) is 19.7 Å². The van der Waals surface area contributed by atoms with Gasteiger partial charge in [0, 0.05) is 32.7 Å². The second-order valence-corrected chi connectivity index (χ2v) is 7.45. The number of nitrogens with zero attached hydrogens (tertiary/aromatic N) is 2. The van der Waals surface area contributed by atoms with Gasteiger partial charge in [0.05, 0.1) is 19.3 Å². The molecule has 136 valence electrons. The van der Waals surface area contributed by atoms with Crippen LogP contribution in [0.15, 0.2) is 0 Å². The Bertz CT molecular complexity index is 465. The number of morpholine rings is 1. The molecule has 8 nitrogen and oxygen atoms in total. The molecule has 2 aliphatic heterocycles. The summed E-state index contributed by atoms with van der Waals surface area (Å²) in [7, 11) is -3.45. The summed E-state index contributed by atoms with van der Waals surface area (Å²) in [5.41, 5.74) is 5.89. The summed E-state index contributed by atoms with van der Waals surface area (Å²) in [4.78, 5) is 13.8. The molecule has 1 atom stereocenters. The van der Waals surface area contributed by atoms with Crippen molar-refractivity contribution in [3.05, 3.63) is 0 Å². The minimum Gasteiger partial charge on any atom is -0.379 e. The van der Waals surface area contributed by atoms with Gasteiger partial charge in [-0.3, -0.25) is 4.79 Å². The van der Waals surface area contributed by atoms with Crippen molar-refractivity contribution in [1.29, 1.82) is 0 Å². The molecular weight excluding hydrogens is 344 g/mol. The molecule has 0 bridgehead atoms. The lowest BCUT2D eigenvalue weighted by Gasteiger charge is -2.26. The smallest absolute Gasteiger partial charge is 0.279 e. The lowest BCUT2D eigenvalue weighted by atomic mass is 10.1. The summed E-state index contributed by atoms with van der Waals surface area (Å²) in [5, 5.41) is 0. The molecule has 0 radical (unpaired) electrons. The molecule has 0 spiro atoms. The molecule has 2 rings (SSSR count). The van der Waals surface area contributed by atoms with Crippen LogP contribution in [0.1, 0.15) is 25.7 Å². The highest BCUT2D eigenvalue weighted by Gasteiger charge is 2.25. The summed E-state index contributed by atoms with van der Waals surface area (Å²) < 4.78 is 33.1. The van der Waals surface area contributed by atoms with Crippen LogP contribution in [-0.4, -0.2) is 75.5 Å². The van der Waals surface area contributed by atoms with E-state index in [0.717, 1.165) is 25.9 Å². The first-order valence-corrected chi connectivity index (χ1v) is 9.31. The number of hydrogen-bond acceptors (Lipinski definition) is 5. The fourth-order valence-electron chi connectivity index (χ4n) is 2.70. The maximum atomic E-state index is 12.0. The third kappa shape index (κ3) is 6.17. The first kappa shape index (κ1) is 20.6. The van der Waals surface area contributed by atoms with Crippen molar-refractivity contribution in [3.8, 4) is 0 Å². The van der Waals surface area contributed by atoms with Gasteiger partial charge in [-0.25, -0.2) is 4.72 Å². The Kier molecular flexibility index (Phi) is 8.73. The number of carbonyl (C=O) groups excluding carboxylic acids is 1. The lowest BCUT2D eigenvalue weighted by molar-refractivity contribution is -0.131. The van der Waals surface area contributed by atoms with Gasteiger partial charge in [-0.05, 0) is 25.7 Å². The highest BCUT2D eigenvalue weighted by molar-refractivity contribution is 7.87. The SMILES string of the molecule is Cl.N[C@@H](CCCNS(=O)(=O)N1CCOCC1)C(=O)N1CCCC1. The van der Waals surface area contributed by atoms with Gasteiger partial charge in [0.2, 0.25) is 5.91 Å². The Labute approximate surface area is 144 Å². The Morgan fingerprint density at radius 2 is 1.78 bits per heavy atom. The van der Waals surface area contributed by atoms with E-state index >= 15 is 0 Å². The minimum atomic E-state index is -3.45. The fourth-order valence-corrected chi connectivity index (χ4v) is 3.91. The summed E-state index contributed by atoms with van der Waals surface area (Å²) in [6, 6.07) is -0.536. The molecule has 2 fully saturated rings. The predicted octanol–water partition coefficient (Wildman–Crippen LogP) is -0.695. The van der Waals surface area contributed by atoms with Crippen LogP contribution < -0.4 is 10.5 Å². The van der Waals surface area contributed by atoms with Crippen LogP contribution in [0.25, 0.3) is 0 Å². The second kappa shape index (κ2) is 9.75. The van der Waals surface area contributed by atoms with Gasteiger partial charge in [-0.1, -0.05) is 0 Å². The number of carbonyl (C=O) groups is 1. The highest BCUT2D eigenvalue weighted by atomic mass is 35.5. The van der Waals surface area contributed by atoms with E-state index in [1.165, 1.54) is 4.31 Å². The van der Waals surface area contributed by atoms with E-state index in [4.69, 9.17) is 10.5 Å². The zero-order chi connectivity index (χ0) is 16.0. The number of ether oxygens (including phenoxy) is 1. The number of amides is 1. The van der Waals surface area contributed by atoms with Gasteiger partial charge < -0.3 is 15.4 Å². The molecule has 0 aliphatic carbocycles. The van der Waals surface area contributed by atoms with Crippen molar-refractivity contribution >= 4 is 28.5 Å². The van der Waals surface area contributed by atoms with Crippen LogP contribution in [0.4, 0.5) is 0 Å². The molecule has 0 aromatic carbocycles. The van der Waals surface area contributed by atoms with Crippen molar-refractivity contribution in [2.24, 2.45) is 5.73 Å². The molecule has 1 amide bonds. The molecule has 2 heterocycles. The average Bonchev–Trinajstić information content (AvgIpc) is 3.06. The van der Waals surface area contributed by atoms with Crippen molar-refractivity contribution in [2.45, 2.75) is 31.7 Å². The van der Waals surface area contributed by atoms with Crippen LogP contribution in [0.2, 0.25) is 0 Å². The minimum absolute atomic E-state index is 0. The van der Waals surface area contributed by atoms with Gasteiger partial charge in [0.15, 0.2) is 0 Å². The van der Waals surface area contributed by atoms with Crippen molar-refractivity contribution in [3.63, 3.8) is 0 Å². The highest BCUT2D eigenvalue weighted by Crippen LogP contribution is 2.10. The van der Waals surface area contributed by atoms with Gasteiger partial charge >= 0.3 is 0 Å². The first-order chi connectivity index (χ1) is 10.5. The van der Waals surface area contributed by atoms with Gasteiger partial charge in [0.1, 0.15) is 0 Å². The normalized spacial score (nSPS) is 21.0. The average molecular weight is 371 g/mol. The topological polar surface area (TPSA) is 105 Å². The number of rotatable bonds is 7. The van der Waals surface area contributed by atoms with Crippen LogP contribution in [0.5, 0.6) is 0 Å². The third-order valence-corrected chi connectivity index (χ3v) is 5.64. The predicted molar refractivity (Wildman–Crippen MR) is 89.6 cm³/mol. The van der Waals surface area contributed by atoms with E-state index in [1.54, 1.807) is 4.90 Å². The van der Waals surface area contributed by atoms with E-state index in [2.05, 4.69) is 4.72 Å². The van der Waals surface area contributed by atoms with Crippen LogP contribution >= 0.6 is 12.4 Å². The van der Waals surface area contributed by atoms with E-state index in [9.17, 15) is 13.2 Å². The summed E-state index contributed by atoms with van der Waals surface area (Å²) >= 11 is 0. The van der Waals surface area contributed by atoms with Crippen molar-refractivity contribution in [1.82, 2.24) is 13.9 Å². The van der Waals surface area contributed by atoms with Gasteiger partial charge in [-0.2, -0.15) is 12.7 Å². The number of hydrogen-bond donors (Lipinski definition) is 2. The van der Waals surface area contributed by atoms with E-state index in [0.29, 0.717) is 45.7 Å². The Morgan fingerprint density at radius 3 is 2.39 bits per heavy atom. The molecule has 0 unspecified atom stereocenters. The summed E-state index contributed by atoms with van der Waals surface area (Å²) in [6.45, 7) is 3.48. The molecule has 10 heteroatoms. The van der Waals surface area contributed by atoms with Crippen molar-refractivity contribution in [2.75, 3.05) is 45.9 Å². The molecule has 3 N–H and O–H groups in total. The monoisotopic (exact) mass is 370 g/mol.